The molecule has 2 aliphatic rings. The van der Waals surface area contributed by atoms with Gasteiger partial charge >= 0.3 is 0 Å². The maximum atomic E-state index is 10.4. The van der Waals surface area contributed by atoms with Crippen molar-refractivity contribution < 1.29 is 9.53 Å². The van der Waals surface area contributed by atoms with E-state index in [4.69, 9.17) is 4.74 Å². The maximum absolute atomic E-state index is 10.4. The van der Waals surface area contributed by atoms with Crippen LogP contribution in [0.25, 0.3) is 0 Å². The van der Waals surface area contributed by atoms with E-state index < -0.39 is 0 Å². The van der Waals surface area contributed by atoms with Crippen LogP contribution in [0, 0.1) is 0 Å². The van der Waals surface area contributed by atoms with Gasteiger partial charge in [-0.1, -0.05) is 18.9 Å². The molecule has 120 valence electrons. The van der Waals surface area contributed by atoms with Crippen LogP contribution >= 0.6 is 0 Å². The van der Waals surface area contributed by atoms with E-state index in [9.17, 15) is 4.79 Å². The van der Waals surface area contributed by atoms with Crippen LogP contribution in [0.5, 0.6) is 5.75 Å². The normalized spacial score (nSPS) is 17.8. The first-order chi connectivity index (χ1) is 10.9. The summed E-state index contributed by atoms with van der Waals surface area (Å²) in [6, 6.07) is 5.21. The first-order valence-electron chi connectivity index (χ1n) is 8.85. The number of hydrogen-bond acceptors (Lipinski definition) is 3. The van der Waals surface area contributed by atoms with E-state index in [2.05, 4.69) is 17.4 Å². The van der Waals surface area contributed by atoms with Gasteiger partial charge in [-0.3, -0.25) is 0 Å². The number of benzene rings is 1. The largest absolute Gasteiger partial charge is 0.491 e. The molecular formula is C19H27NO2. The van der Waals surface area contributed by atoms with E-state index in [0.717, 1.165) is 50.7 Å². The zero-order valence-electron chi connectivity index (χ0n) is 13.4. The summed E-state index contributed by atoms with van der Waals surface area (Å²) >= 11 is 0. The third kappa shape index (κ3) is 3.82. The van der Waals surface area contributed by atoms with Gasteiger partial charge in [-0.05, 0) is 62.1 Å². The van der Waals surface area contributed by atoms with E-state index in [1.165, 1.54) is 42.5 Å². The Hall–Kier alpha value is -1.51. The number of ether oxygens (including phenoxy) is 1. The SMILES string of the molecule is O=CCCCCc1cc2c(c(NC3CCCC3)c1)OCCC2. The van der Waals surface area contributed by atoms with Gasteiger partial charge in [0.2, 0.25) is 0 Å². The van der Waals surface area contributed by atoms with Gasteiger partial charge in [0.05, 0.1) is 12.3 Å². The van der Waals surface area contributed by atoms with Gasteiger partial charge in [-0.25, -0.2) is 0 Å². The zero-order valence-corrected chi connectivity index (χ0v) is 13.4. The highest BCUT2D eigenvalue weighted by Gasteiger charge is 2.20. The van der Waals surface area contributed by atoms with E-state index >= 15 is 0 Å². The van der Waals surface area contributed by atoms with Gasteiger partial charge < -0.3 is 14.8 Å². The number of aldehydes is 1. The fraction of sp³-hybridized carbons (Fsp3) is 0.632. The van der Waals surface area contributed by atoms with Crippen LogP contribution in [-0.2, 0) is 17.6 Å². The molecule has 1 aromatic carbocycles. The van der Waals surface area contributed by atoms with Crippen LogP contribution in [0.15, 0.2) is 12.1 Å². The van der Waals surface area contributed by atoms with Gasteiger partial charge in [0.1, 0.15) is 12.0 Å². The predicted molar refractivity (Wildman–Crippen MR) is 89.8 cm³/mol. The van der Waals surface area contributed by atoms with Gasteiger partial charge in [-0.15, -0.1) is 0 Å². The Labute approximate surface area is 133 Å². The molecule has 0 saturated heterocycles. The van der Waals surface area contributed by atoms with Gasteiger partial charge in [0.15, 0.2) is 0 Å². The van der Waals surface area contributed by atoms with Crippen LogP contribution in [-0.4, -0.2) is 18.9 Å². The second kappa shape index (κ2) is 7.66. The Kier molecular flexibility index (Phi) is 5.36. The molecule has 1 fully saturated rings. The molecule has 0 bridgehead atoms. The van der Waals surface area contributed by atoms with Crippen molar-refractivity contribution in [2.75, 3.05) is 11.9 Å². The summed E-state index contributed by atoms with van der Waals surface area (Å²) in [4.78, 5) is 10.4. The first kappa shape index (κ1) is 15.4. The molecule has 0 atom stereocenters. The molecule has 22 heavy (non-hydrogen) atoms. The monoisotopic (exact) mass is 301 g/mol. The Bertz CT molecular complexity index is 506. The van der Waals surface area contributed by atoms with E-state index in [-0.39, 0.29) is 0 Å². The third-order valence-electron chi connectivity index (χ3n) is 4.81. The van der Waals surface area contributed by atoms with Crippen molar-refractivity contribution in [1.29, 1.82) is 0 Å². The van der Waals surface area contributed by atoms with Gasteiger partial charge in [0.25, 0.3) is 0 Å². The number of anilines is 1. The van der Waals surface area contributed by atoms with Crippen LogP contribution < -0.4 is 10.1 Å². The molecule has 1 aliphatic carbocycles. The molecule has 0 amide bonds. The molecular weight excluding hydrogens is 274 g/mol. The van der Waals surface area contributed by atoms with Crippen molar-refractivity contribution in [2.45, 2.75) is 70.3 Å². The van der Waals surface area contributed by atoms with E-state index in [0.29, 0.717) is 12.5 Å². The number of aryl methyl sites for hydroxylation is 2. The Balaban J connectivity index is 1.74. The van der Waals surface area contributed by atoms with E-state index in [1.54, 1.807) is 0 Å². The van der Waals surface area contributed by atoms with Crippen molar-refractivity contribution in [3.8, 4) is 5.75 Å². The van der Waals surface area contributed by atoms with Crippen molar-refractivity contribution in [2.24, 2.45) is 0 Å². The molecule has 1 heterocycles. The quantitative estimate of drug-likeness (QED) is 0.603. The highest BCUT2D eigenvalue weighted by atomic mass is 16.5. The first-order valence-corrected chi connectivity index (χ1v) is 8.85. The Morgan fingerprint density at radius 2 is 2.05 bits per heavy atom. The van der Waals surface area contributed by atoms with Gasteiger partial charge in [-0.2, -0.15) is 0 Å². The zero-order chi connectivity index (χ0) is 15.2. The molecule has 1 aromatic rings. The summed E-state index contributed by atoms with van der Waals surface area (Å²) in [6.07, 6.45) is 12.3. The summed E-state index contributed by atoms with van der Waals surface area (Å²) in [5.74, 6) is 1.09. The standard InChI is InChI=1S/C19H27NO2/c21-11-5-1-2-7-15-13-16-8-6-12-22-19(16)18(14-15)20-17-9-3-4-10-17/h11,13-14,17,20H,1-10,12H2. The highest BCUT2D eigenvalue weighted by molar-refractivity contribution is 5.63. The summed E-state index contributed by atoms with van der Waals surface area (Å²) in [5.41, 5.74) is 3.95. The second-order valence-electron chi connectivity index (χ2n) is 6.62. The predicted octanol–water partition coefficient (Wildman–Crippen LogP) is 4.28. The summed E-state index contributed by atoms with van der Waals surface area (Å²) in [5, 5.41) is 3.73. The lowest BCUT2D eigenvalue weighted by Crippen LogP contribution is -2.18. The average Bonchev–Trinajstić information content (AvgIpc) is 3.05. The molecule has 0 unspecified atom stereocenters. The average molecular weight is 301 g/mol. The molecule has 1 N–H and O–H groups in total. The van der Waals surface area contributed by atoms with Crippen LogP contribution in [0.2, 0.25) is 0 Å². The van der Waals surface area contributed by atoms with Crippen molar-refractivity contribution in [3.05, 3.63) is 23.3 Å². The number of unbranched alkanes of at least 4 members (excludes halogenated alkanes) is 2. The number of fused-ring (bicyclic) bond motifs is 1. The number of carbonyl (C=O) groups is 1. The minimum absolute atomic E-state index is 0.611. The lowest BCUT2D eigenvalue weighted by molar-refractivity contribution is -0.107. The topological polar surface area (TPSA) is 38.3 Å². The molecule has 0 radical (unpaired) electrons. The fourth-order valence-corrected chi connectivity index (χ4v) is 3.65. The van der Waals surface area contributed by atoms with Crippen molar-refractivity contribution in [1.82, 2.24) is 0 Å². The lowest BCUT2D eigenvalue weighted by atomic mass is 9.98. The minimum atomic E-state index is 0.611. The highest BCUT2D eigenvalue weighted by Crippen LogP contribution is 2.36. The molecule has 3 nitrogen and oxygen atoms in total. The summed E-state index contributed by atoms with van der Waals surface area (Å²) < 4.78 is 5.95. The third-order valence-corrected chi connectivity index (χ3v) is 4.81. The number of rotatable bonds is 7. The molecule has 0 aromatic heterocycles. The van der Waals surface area contributed by atoms with E-state index in [1.807, 2.05) is 0 Å². The Morgan fingerprint density at radius 1 is 1.18 bits per heavy atom. The molecule has 3 heteroatoms. The molecule has 1 saturated carbocycles. The van der Waals surface area contributed by atoms with Crippen LogP contribution in [0.1, 0.15) is 62.5 Å². The number of hydrogen-bond donors (Lipinski definition) is 1. The number of carbonyl (C=O) groups excluding carboxylic acids is 1. The van der Waals surface area contributed by atoms with Crippen molar-refractivity contribution >= 4 is 12.0 Å². The van der Waals surface area contributed by atoms with Gasteiger partial charge in [0, 0.05) is 12.5 Å². The fourth-order valence-electron chi connectivity index (χ4n) is 3.65. The van der Waals surface area contributed by atoms with Crippen LogP contribution in [0.3, 0.4) is 0 Å². The minimum Gasteiger partial charge on any atom is -0.491 e. The second-order valence-corrected chi connectivity index (χ2v) is 6.62. The molecule has 1 aliphatic heterocycles. The molecule has 3 rings (SSSR count). The number of nitrogens with one attached hydrogen (secondary N) is 1. The molecule has 0 spiro atoms. The maximum Gasteiger partial charge on any atom is 0.145 e. The summed E-state index contributed by atoms with van der Waals surface area (Å²) in [6.45, 7) is 0.838. The Morgan fingerprint density at radius 3 is 2.86 bits per heavy atom. The lowest BCUT2D eigenvalue weighted by Gasteiger charge is -2.24. The van der Waals surface area contributed by atoms with Crippen LogP contribution in [0.4, 0.5) is 5.69 Å². The van der Waals surface area contributed by atoms with Crippen molar-refractivity contribution in [3.63, 3.8) is 0 Å². The summed E-state index contributed by atoms with van der Waals surface area (Å²) in [7, 11) is 0. The smallest absolute Gasteiger partial charge is 0.145 e.